The lowest BCUT2D eigenvalue weighted by Gasteiger charge is -2.27. The predicted molar refractivity (Wildman–Crippen MR) is 512 cm³/mol. The number of amides is 3. The number of aliphatic carboxylic acids is 1. The summed E-state index contributed by atoms with van der Waals surface area (Å²) in [5.41, 5.74) is 19.8. The molecular formula is C90H114BI4N8O16Si2. The van der Waals surface area contributed by atoms with E-state index in [9.17, 15) is 24.3 Å². The molecule has 3 radical (unpaired) electrons. The Labute approximate surface area is 770 Å². The topological polar surface area (TPSA) is 313 Å². The Morgan fingerprint density at radius 3 is 1.21 bits per heavy atom. The normalized spacial score (nSPS) is 16.6. The second-order valence-corrected chi connectivity index (χ2v) is 50.2. The molecule has 3 amide bonds. The predicted octanol–water partition coefficient (Wildman–Crippen LogP) is 19.1. The molecule has 0 fully saturated rings. The Morgan fingerprint density at radius 1 is 0.479 bits per heavy atom. The van der Waals surface area contributed by atoms with E-state index in [4.69, 9.17) is 63.9 Å². The molecule has 9 aromatic rings. The number of rotatable bonds is 21. The average molecular weight is 2140 g/mol. The van der Waals surface area contributed by atoms with E-state index in [0.29, 0.717) is 51.7 Å². The molecule has 0 saturated heterocycles. The van der Waals surface area contributed by atoms with Crippen LogP contribution in [0.15, 0.2) is 164 Å². The van der Waals surface area contributed by atoms with E-state index >= 15 is 0 Å². The molecule has 0 saturated carbocycles. The SMILES string of the molecule is CC(C)(C)OC(=O)NCC1CCc2cc(I)ccc2O1.CC(C)(C)OC(=O)NCC1CCc2cc(Oc3ccc(-c4ccnn4COCC[Si](C)(C)C)cc3)ccc2O1.C[Si](C)(C)CCOCn1nccc1-c1ccc(O)cc1.NC(=O)C1CCc2cc(I)ccc2O1.NCC1CCc2cc(I)ccc2O1.O=C(O)C1CCc2cc(I)ccc2O1.[B]. The summed E-state index contributed by atoms with van der Waals surface area (Å²) in [6.07, 6.45) is 10.3. The van der Waals surface area contributed by atoms with Gasteiger partial charge in [-0.25, -0.2) is 23.7 Å². The van der Waals surface area contributed by atoms with Crippen molar-refractivity contribution in [2.75, 3.05) is 32.8 Å². The molecule has 31 heteroatoms. The van der Waals surface area contributed by atoms with Crippen molar-refractivity contribution in [2.24, 2.45) is 11.5 Å². The molecule has 649 valence electrons. The molecule has 0 spiro atoms. The van der Waals surface area contributed by atoms with E-state index in [1.807, 2.05) is 166 Å². The lowest BCUT2D eigenvalue weighted by molar-refractivity contribution is -0.145. The van der Waals surface area contributed by atoms with Crippen molar-refractivity contribution in [3.8, 4) is 68.5 Å². The number of aryl methyl sites for hydroxylation is 5. The summed E-state index contributed by atoms with van der Waals surface area (Å²) in [6, 6.07) is 51.4. The number of phenolic OH excluding ortho intramolecular Hbond substituents is 1. The van der Waals surface area contributed by atoms with Gasteiger partial charge in [-0.3, -0.25) is 4.79 Å². The number of nitrogens with one attached hydrogen (secondary N) is 2. The zero-order chi connectivity index (χ0) is 86.9. The summed E-state index contributed by atoms with van der Waals surface area (Å²) in [7, 11) is -2.16. The maximum atomic E-state index is 11.9. The smallest absolute Gasteiger partial charge is 0.407 e. The third-order valence-electron chi connectivity index (χ3n) is 19.1. The number of carboxylic acids is 1. The van der Waals surface area contributed by atoms with Crippen molar-refractivity contribution in [2.45, 2.75) is 212 Å². The monoisotopic (exact) mass is 2140 g/mol. The van der Waals surface area contributed by atoms with Gasteiger partial charge in [0.25, 0.3) is 5.91 Å². The maximum absolute atomic E-state index is 11.9. The number of hydrogen-bond acceptors (Lipinski definition) is 18. The van der Waals surface area contributed by atoms with Gasteiger partial charge in [0, 0.05) is 82.1 Å². The highest BCUT2D eigenvalue weighted by molar-refractivity contribution is 14.1. The van der Waals surface area contributed by atoms with Crippen LogP contribution in [0.4, 0.5) is 9.59 Å². The quantitative estimate of drug-likeness (QED) is 0.0221. The molecule has 2 aromatic heterocycles. The second-order valence-electron chi connectivity index (χ2n) is 33.9. The minimum absolute atomic E-state index is 0. The third-order valence-corrected chi connectivity index (χ3v) is 25.2. The first kappa shape index (κ1) is 98.8. The van der Waals surface area contributed by atoms with E-state index in [1.54, 1.807) is 24.5 Å². The van der Waals surface area contributed by atoms with E-state index in [-0.39, 0.29) is 38.4 Å². The van der Waals surface area contributed by atoms with E-state index in [1.165, 1.54) is 21.8 Å². The van der Waals surface area contributed by atoms with Crippen LogP contribution in [0.5, 0.6) is 46.0 Å². The molecule has 24 nitrogen and oxygen atoms in total. The van der Waals surface area contributed by atoms with Crippen LogP contribution in [-0.2, 0) is 74.1 Å². The summed E-state index contributed by atoms with van der Waals surface area (Å²) < 4.78 is 65.3. The molecule has 14 rings (SSSR count). The zero-order valence-corrected chi connectivity index (χ0v) is 81.7. The summed E-state index contributed by atoms with van der Waals surface area (Å²) in [4.78, 5) is 45.2. The van der Waals surface area contributed by atoms with E-state index < -0.39 is 57.7 Å². The molecule has 7 heterocycles. The van der Waals surface area contributed by atoms with Crippen molar-refractivity contribution in [1.82, 2.24) is 30.2 Å². The number of benzene rings is 7. The number of alkyl carbamates (subject to hydrolysis) is 2. The Balaban J connectivity index is 0.000000190. The van der Waals surface area contributed by atoms with Gasteiger partial charge in [0.15, 0.2) is 12.2 Å². The first-order valence-electron chi connectivity index (χ1n) is 40.4. The number of carbonyl (C=O) groups excluding carboxylic acids is 3. The number of aromatic hydroxyl groups is 1. The Hall–Kier alpha value is -7.66. The van der Waals surface area contributed by atoms with Crippen LogP contribution in [0.3, 0.4) is 0 Å². The minimum atomic E-state index is -1.11. The van der Waals surface area contributed by atoms with Crippen LogP contribution >= 0.6 is 90.4 Å². The maximum Gasteiger partial charge on any atom is 0.407 e. The highest BCUT2D eigenvalue weighted by atomic mass is 127. The van der Waals surface area contributed by atoms with Crippen molar-refractivity contribution < 1.29 is 76.8 Å². The fraction of sp³-hybridized carbons (Fsp3) is 0.422. The molecule has 5 atom stereocenters. The molecule has 5 aliphatic heterocycles. The largest absolute Gasteiger partial charge is 0.508 e. The first-order valence-corrected chi connectivity index (χ1v) is 52.1. The van der Waals surface area contributed by atoms with Crippen molar-refractivity contribution in [3.63, 3.8) is 0 Å². The van der Waals surface area contributed by atoms with E-state index in [0.717, 1.165) is 154 Å². The second kappa shape index (κ2) is 46.9. The Morgan fingerprint density at radius 2 is 0.826 bits per heavy atom. The van der Waals surface area contributed by atoms with Crippen LogP contribution in [-0.4, -0.2) is 153 Å². The number of carbonyl (C=O) groups is 4. The van der Waals surface area contributed by atoms with Crippen molar-refractivity contribution in [3.05, 3.63) is 206 Å². The number of carboxylic acid groups (broad SMARTS) is 1. The van der Waals surface area contributed by atoms with Gasteiger partial charge in [0.2, 0.25) is 0 Å². The summed E-state index contributed by atoms with van der Waals surface area (Å²) in [5.74, 6) is 4.79. The fourth-order valence-corrected chi connectivity index (χ4v) is 16.5. The van der Waals surface area contributed by atoms with Crippen LogP contribution < -0.4 is 50.5 Å². The van der Waals surface area contributed by atoms with E-state index in [2.05, 4.69) is 175 Å². The number of primary amides is 1. The number of aromatic nitrogens is 4. The van der Waals surface area contributed by atoms with Crippen LogP contribution in [0.1, 0.15) is 101 Å². The molecular weight excluding hydrogens is 2020 g/mol. The number of nitrogens with zero attached hydrogens (tertiary/aromatic N) is 4. The third kappa shape index (κ3) is 34.1. The van der Waals surface area contributed by atoms with Gasteiger partial charge >= 0.3 is 18.2 Å². The highest BCUT2D eigenvalue weighted by Crippen LogP contribution is 2.37. The van der Waals surface area contributed by atoms with Crippen LogP contribution in [0.25, 0.3) is 22.5 Å². The molecule has 121 heavy (non-hydrogen) atoms. The minimum Gasteiger partial charge on any atom is -0.508 e. The van der Waals surface area contributed by atoms with Gasteiger partial charge in [0.05, 0.1) is 24.5 Å². The molecule has 0 aliphatic carbocycles. The number of phenols is 1. The Bertz CT molecular complexity index is 4770. The standard InChI is InChI=1S/C30H41N3O5Si.C15H20INO3.C15H22N2O2Si.C10H10INO2.C10H12INO.C10H9IO3.B/c1-30(2,3)38-29(34)31-20-26-12-9-23-19-25(13-14-28(23)37-26)36-24-10-7-22(8-11-24)27-15-16-32-33(27)21-35-17-18-39(4,5)6;1-15(2,3)20-14(18)17-9-12-6-4-10-8-11(16)5-7-13(10)19-12;1-20(2,3)11-10-19-12-17-15(8-9-16-17)13-4-6-14(18)7-5-13;11-7-2-4-8-6(5-7)1-3-9(14-8)10(12)13;11-8-2-4-10-7(5-8)1-3-9(6-12)13-10;11-7-2-4-8-6(5-7)1-3-9(14-8)10(12)13;/h7-8,10-11,13-16,19,26H,9,12,17-18,20-21H2,1-6H3,(H,31,34);5,7-8,12H,4,6,9H2,1-3H3,(H,17,18);4-9,18H,10-12H2,1-3H3;2,4-5,9H,1,3H2,(H2,12,13);2,4-5,9H,1,3,6,12H2;2,4-5,9H,1,3H2,(H,12,13);. The summed E-state index contributed by atoms with van der Waals surface area (Å²) in [6.45, 7) is 29.1. The molecule has 7 aromatic carbocycles. The number of fused-ring (bicyclic) bond motifs is 5. The lowest BCUT2D eigenvalue weighted by atomic mass is 10.0. The van der Waals surface area contributed by atoms with Gasteiger partial charge in [-0.2, -0.15) is 10.2 Å². The highest BCUT2D eigenvalue weighted by Gasteiger charge is 2.29. The van der Waals surface area contributed by atoms with Gasteiger partial charge < -0.3 is 79.7 Å². The van der Waals surface area contributed by atoms with Gasteiger partial charge in [-0.15, -0.1) is 0 Å². The molecule has 5 unspecified atom stereocenters. The molecule has 0 bridgehead atoms. The first-order chi connectivity index (χ1) is 56.9. The number of nitrogens with two attached hydrogens (primary N) is 2. The van der Waals surface area contributed by atoms with Crippen LogP contribution in [0, 0.1) is 14.3 Å². The van der Waals surface area contributed by atoms with Crippen molar-refractivity contribution >= 4 is 139 Å². The summed E-state index contributed by atoms with van der Waals surface area (Å²) in [5, 5.41) is 32.4. The summed E-state index contributed by atoms with van der Waals surface area (Å²) >= 11 is 9.11. The van der Waals surface area contributed by atoms with Gasteiger partial charge in [-0.1, -0.05) is 39.3 Å². The lowest BCUT2D eigenvalue weighted by Crippen LogP contribution is -2.40. The van der Waals surface area contributed by atoms with Crippen LogP contribution in [0.2, 0.25) is 51.4 Å². The number of ether oxygens (including phenoxy) is 10. The number of hydrogen-bond donors (Lipinski definition) is 6. The van der Waals surface area contributed by atoms with Crippen molar-refractivity contribution in [1.29, 1.82) is 0 Å². The molecule has 5 aliphatic rings. The van der Waals surface area contributed by atoms with Gasteiger partial charge in [0.1, 0.15) is 89.0 Å². The fourth-order valence-electron chi connectivity index (χ4n) is 12.8. The van der Waals surface area contributed by atoms with Gasteiger partial charge in [-0.05, 0) is 388 Å². The zero-order valence-electron chi connectivity index (χ0n) is 71.1. The molecule has 8 N–H and O–H groups in total. The average Bonchev–Trinajstić information content (AvgIpc) is 1.74. The Kier molecular flexibility index (Phi) is 38.3. The number of halogens is 4.